The monoisotopic (exact) mass is 299 g/mol. The minimum atomic E-state index is -3.72. The van der Waals surface area contributed by atoms with Crippen molar-refractivity contribution in [3.8, 4) is 0 Å². The molecule has 0 radical (unpaired) electrons. The predicted octanol–water partition coefficient (Wildman–Crippen LogP) is 3.13. The molecule has 7 heteroatoms. The first-order valence-corrected chi connectivity index (χ1v) is 8.14. The van der Waals surface area contributed by atoms with Crippen molar-refractivity contribution in [2.45, 2.75) is 12.8 Å². The quantitative estimate of drug-likeness (QED) is 0.748. The largest absolute Gasteiger partial charge is 0.371 e. The first-order chi connectivity index (χ1) is 7.86. The van der Waals surface area contributed by atoms with E-state index in [0.717, 1.165) is 18.8 Å². The van der Waals surface area contributed by atoms with Crippen LogP contribution in [0, 0.1) is 5.82 Å². The molecule has 1 saturated heterocycles. The molecule has 1 aliphatic heterocycles. The summed E-state index contributed by atoms with van der Waals surface area (Å²) in [5, 5.41) is 0. The van der Waals surface area contributed by atoms with Gasteiger partial charge >= 0.3 is 8.26 Å². The Hall–Kier alpha value is -0.520. The zero-order valence-electron chi connectivity index (χ0n) is 8.94. The first kappa shape index (κ1) is 14.5. The lowest BCUT2D eigenvalue weighted by molar-refractivity contribution is 0.621. The molecule has 0 spiro atoms. The Morgan fingerprint density at radius 2 is 1.71 bits per heavy atom. The average molecular weight is 300 g/mol. The number of benzene rings is 1. The van der Waals surface area contributed by atoms with Crippen molar-refractivity contribution < 1.29 is 12.8 Å². The summed E-state index contributed by atoms with van der Waals surface area (Å²) in [6.07, 6.45) is 2.47. The predicted molar refractivity (Wildman–Crippen MR) is 68.5 cm³/mol. The Morgan fingerprint density at radius 1 is 1.18 bits per heavy atom. The maximum Gasteiger partial charge on any atom is 0.317 e. The number of hydrogen-bond acceptors (Lipinski definition) is 3. The van der Waals surface area contributed by atoms with Crippen molar-refractivity contribution in [3.63, 3.8) is 0 Å². The second kappa shape index (κ2) is 6.42. The molecule has 0 unspecified atom stereocenters. The van der Waals surface area contributed by atoms with Gasteiger partial charge in [0.25, 0.3) is 0 Å². The van der Waals surface area contributed by atoms with E-state index in [2.05, 4.69) is 26.3 Å². The topological polar surface area (TPSA) is 37.4 Å². The molecule has 0 N–H and O–H groups in total. The van der Waals surface area contributed by atoms with Gasteiger partial charge in [-0.05, 0) is 31.0 Å². The summed E-state index contributed by atoms with van der Waals surface area (Å²) in [5.41, 5.74) is 1.02. The van der Waals surface area contributed by atoms with Crippen LogP contribution >= 0.6 is 21.4 Å². The third-order valence-corrected chi connectivity index (χ3v) is 2.28. The van der Waals surface area contributed by atoms with Crippen LogP contribution in [-0.2, 0) is 8.26 Å². The molecule has 0 saturated carbocycles. The Morgan fingerprint density at radius 3 is 2.18 bits per heavy atom. The molecule has 1 aromatic carbocycles. The zero-order chi connectivity index (χ0) is 12.9. The maximum atomic E-state index is 12.8. The van der Waals surface area contributed by atoms with Crippen LogP contribution in [-0.4, -0.2) is 21.5 Å². The summed E-state index contributed by atoms with van der Waals surface area (Å²) in [6, 6.07) is 6.82. The molecule has 0 atom stereocenters. The van der Waals surface area contributed by atoms with Gasteiger partial charge in [-0.25, -0.2) is 4.39 Å². The van der Waals surface area contributed by atoms with E-state index >= 15 is 0 Å². The molecular formula is C10H12Cl2FNO2S. The molecule has 0 aromatic heterocycles. The number of rotatable bonds is 1. The second-order valence-corrected chi connectivity index (χ2v) is 7.22. The van der Waals surface area contributed by atoms with Crippen molar-refractivity contribution in [3.05, 3.63) is 30.1 Å². The highest BCUT2D eigenvalue weighted by molar-refractivity contribution is 8.31. The van der Waals surface area contributed by atoms with Gasteiger partial charge in [0.05, 0.1) is 0 Å². The number of halogens is 3. The summed E-state index contributed by atoms with van der Waals surface area (Å²) >= 11 is 0. The Labute approximate surface area is 109 Å². The van der Waals surface area contributed by atoms with E-state index in [1.807, 2.05) is 6.07 Å². The van der Waals surface area contributed by atoms with Crippen molar-refractivity contribution >= 4 is 35.3 Å². The normalized spacial score (nSPS) is 15.4. The van der Waals surface area contributed by atoms with E-state index < -0.39 is 8.26 Å². The van der Waals surface area contributed by atoms with Crippen LogP contribution in [0.1, 0.15) is 12.8 Å². The van der Waals surface area contributed by atoms with Gasteiger partial charge in [-0.2, -0.15) is 8.42 Å². The molecule has 96 valence electrons. The molecular weight excluding hydrogens is 288 g/mol. The van der Waals surface area contributed by atoms with Crippen LogP contribution in [0.15, 0.2) is 24.3 Å². The summed E-state index contributed by atoms with van der Waals surface area (Å²) in [6.45, 7) is 2.15. The molecule has 1 aromatic rings. The lowest BCUT2D eigenvalue weighted by Crippen LogP contribution is -2.17. The highest BCUT2D eigenvalue weighted by Gasteiger charge is 2.11. The van der Waals surface area contributed by atoms with Gasteiger partial charge in [-0.15, -0.1) is 0 Å². The summed E-state index contributed by atoms with van der Waals surface area (Å²) in [4.78, 5) is 2.23. The SMILES string of the molecule is Fc1cccc(N2CCCC2)c1.O=S(=O)(Cl)Cl. The lowest BCUT2D eigenvalue weighted by Gasteiger charge is -2.16. The Bertz CT molecular complexity index is 453. The highest BCUT2D eigenvalue weighted by atomic mass is 36.0. The number of nitrogens with zero attached hydrogens (tertiary/aromatic N) is 1. The third kappa shape index (κ3) is 6.71. The number of anilines is 1. The summed E-state index contributed by atoms with van der Waals surface area (Å²) in [7, 11) is 4.81. The van der Waals surface area contributed by atoms with Crippen LogP contribution in [0.2, 0.25) is 0 Å². The fraction of sp³-hybridized carbons (Fsp3) is 0.400. The van der Waals surface area contributed by atoms with Crippen LogP contribution in [0.25, 0.3) is 0 Å². The van der Waals surface area contributed by atoms with E-state index in [4.69, 9.17) is 8.42 Å². The van der Waals surface area contributed by atoms with Gasteiger partial charge in [-0.3, -0.25) is 0 Å². The molecule has 0 bridgehead atoms. The third-order valence-electron chi connectivity index (χ3n) is 2.28. The van der Waals surface area contributed by atoms with Crippen molar-refractivity contribution in [1.29, 1.82) is 0 Å². The highest BCUT2D eigenvalue weighted by Crippen LogP contribution is 2.20. The molecule has 1 aliphatic rings. The molecule has 3 nitrogen and oxygen atoms in total. The van der Waals surface area contributed by atoms with E-state index in [1.165, 1.54) is 18.9 Å². The van der Waals surface area contributed by atoms with Gasteiger partial charge in [-0.1, -0.05) is 6.07 Å². The van der Waals surface area contributed by atoms with Gasteiger partial charge in [0.15, 0.2) is 0 Å². The van der Waals surface area contributed by atoms with Gasteiger partial charge in [0.2, 0.25) is 0 Å². The molecule has 0 aliphatic carbocycles. The van der Waals surface area contributed by atoms with Crippen LogP contribution < -0.4 is 4.90 Å². The average Bonchev–Trinajstić information content (AvgIpc) is 2.67. The lowest BCUT2D eigenvalue weighted by atomic mass is 10.3. The number of hydrogen-bond donors (Lipinski definition) is 0. The van der Waals surface area contributed by atoms with Crippen molar-refractivity contribution in [2.75, 3.05) is 18.0 Å². The fourth-order valence-electron chi connectivity index (χ4n) is 1.65. The Balaban J connectivity index is 0.000000249. The summed E-state index contributed by atoms with van der Waals surface area (Å²) in [5.74, 6) is -0.139. The molecule has 1 heterocycles. The van der Waals surface area contributed by atoms with Crippen molar-refractivity contribution in [2.24, 2.45) is 0 Å². The standard InChI is InChI=1S/C10H12FN.Cl2O2S/c11-9-4-3-5-10(8-9)12-6-1-2-7-12;1-5(2,3)4/h3-5,8H,1-2,6-7H2;. The fourth-order valence-corrected chi connectivity index (χ4v) is 1.65. The van der Waals surface area contributed by atoms with E-state index in [9.17, 15) is 4.39 Å². The second-order valence-electron chi connectivity index (χ2n) is 3.55. The van der Waals surface area contributed by atoms with E-state index in [0.29, 0.717) is 0 Å². The van der Waals surface area contributed by atoms with Crippen LogP contribution in [0.5, 0.6) is 0 Å². The minimum Gasteiger partial charge on any atom is -0.371 e. The zero-order valence-corrected chi connectivity index (χ0v) is 11.3. The molecule has 1 fully saturated rings. The molecule has 17 heavy (non-hydrogen) atoms. The van der Waals surface area contributed by atoms with Crippen molar-refractivity contribution in [1.82, 2.24) is 0 Å². The van der Waals surface area contributed by atoms with E-state index in [-0.39, 0.29) is 5.82 Å². The minimum absolute atomic E-state index is 0.139. The maximum absolute atomic E-state index is 12.8. The van der Waals surface area contributed by atoms with Crippen LogP contribution in [0.3, 0.4) is 0 Å². The molecule has 2 rings (SSSR count). The summed E-state index contributed by atoms with van der Waals surface area (Å²) < 4.78 is 31.1. The molecule has 0 amide bonds. The van der Waals surface area contributed by atoms with Gasteiger partial charge in [0, 0.05) is 40.1 Å². The van der Waals surface area contributed by atoms with E-state index in [1.54, 1.807) is 12.1 Å². The van der Waals surface area contributed by atoms with Gasteiger partial charge < -0.3 is 4.90 Å². The smallest absolute Gasteiger partial charge is 0.317 e. The van der Waals surface area contributed by atoms with Gasteiger partial charge in [0.1, 0.15) is 5.82 Å². The Kier molecular flexibility index (Phi) is 5.49. The van der Waals surface area contributed by atoms with Crippen LogP contribution in [0.4, 0.5) is 10.1 Å². The first-order valence-electron chi connectivity index (χ1n) is 5.01.